The van der Waals surface area contributed by atoms with E-state index in [2.05, 4.69) is 15.2 Å². The molecule has 0 aliphatic carbocycles. The summed E-state index contributed by atoms with van der Waals surface area (Å²) in [6.07, 6.45) is 0. The highest BCUT2D eigenvalue weighted by molar-refractivity contribution is 6.30. The molecule has 9 heteroatoms. The van der Waals surface area contributed by atoms with Gasteiger partial charge in [0.1, 0.15) is 5.52 Å². The number of halogens is 1. The van der Waals surface area contributed by atoms with Crippen molar-refractivity contribution in [3.63, 3.8) is 0 Å². The fraction of sp³-hybridized carbons (Fsp3) is 0. The first-order chi connectivity index (χ1) is 11.5. The smallest absolute Gasteiger partial charge is 0.293 e. The first kappa shape index (κ1) is 15.6. The highest BCUT2D eigenvalue weighted by Gasteiger charge is 2.18. The maximum absolute atomic E-state index is 12.1. The summed E-state index contributed by atoms with van der Waals surface area (Å²) in [4.78, 5) is 24.8. The van der Waals surface area contributed by atoms with Gasteiger partial charge in [0.25, 0.3) is 11.2 Å². The predicted molar refractivity (Wildman–Crippen MR) is 88.5 cm³/mol. The lowest BCUT2D eigenvalue weighted by Crippen LogP contribution is -2.06. The molecule has 1 aromatic heterocycles. The van der Waals surface area contributed by atoms with Gasteiger partial charge < -0.3 is 10.1 Å². The van der Waals surface area contributed by atoms with E-state index in [-0.39, 0.29) is 22.3 Å². The molecule has 8 nitrogen and oxygen atoms in total. The Morgan fingerprint density at radius 3 is 2.62 bits per heavy atom. The molecule has 0 saturated heterocycles. The van der Waals surface area contributed by atoms with Gasteiger partial charge in [0, 0.05) is 16.5 Å². The molecule has 0 fully saturated rings. The van der Waals surface area contributed by atoms with Crippen LogP contribution in [0.3, 0.4) is 0 Å². The fourth-order valence-corrected chi connectivity index (χ4v) is 2.35. The second-order valence-electron chi connectivity index (χ2n) is 4.79. The van der Waals surface area contributed by atoms with Crippen LogP contribution in [0.15, 0.2) is 57.5 Å². The molecule has 2 aromatic carbocycles. The fourth-order valence-electron chi connectivity index (χ4n) is 2.17. The molecule has 0 aliphatic heterocycles. The molecule has 0 radical (unpaired) electrons. The van der Waals surface area contributed by atoms with Crippen LogP contribution in [-0.2, 0) is 0 Å². The molecule has 1 heterocycles. The molecule has 0 bridgehead atoms. The molecule has 0 saturated carbocycles. The first-order valence-electron chi connectivity index (χ1n) is 6.67. The van der Waals surface area contributed by atoms with E-state index in [4.69, 9.17) is 11.6 Å². The lowest BCUT2D eigenvalue weighted by Gasteiger charge is -2.03. The highest BCUT2D eigenvalue weighted by Crippen LogP contribution is 2.34. The highest BCUT2D eigenvalue weighted by atomic mass is 35.5. The second kappa shape index (κ2) is 6.09. The standard InChI is InChI=1S/C15H9ClN4O4/c16-8-3-1-4-9(7-8)18-19-13-14(21)10-5-2-6-11(20(23)24)12(10)17-15(13)22/h1-7H,(H2,17,21,22). The molecule has 0 spiro atoms. The third kappa shape index (κ3) is 2.82. The Labute approximate surface area is 139 Å². The molecule has 2 N–H and O–H groups in total. The van der Waals surface area contributed by atoms with Crippen molar-refractivity contribution in [1.29, 1.82) is 0 Å². The van der Waals surface area contributed by atoms with E-state index in [0.29, 0.717) is 10.7 Å². The van der Waals surface area contributed by atoms with E-state index in [0.717, 1.165) is 0 Å². The van der Waals surface area contributed by atoms with E-state index in [1.165, 1.54) is 24.3 Å². The van der Waals surface area contributed by atoms with Gasteiger partial charge in [-0.1, -0.05) is 23.7 Å². The summed E-state index contributed by atoms with van der Waals surface area (Å²) in [5, 5.41) is 29.4. The molecule has 24 heavy (non-hydrogen) atoms. The summed E-state index contributed by atoms with van der Waals surface area (Å²) in [5.41, 5.74) is -1.14. The van der Waals surface area contributed by atoms with E-state index in [9.17, 15) is 20.0 Å². The van der Waals surface area contributed by atoms with Crippen molar-refractivity contribution >= 4 is 39.6 Å². The molecular weight excluding hydrogens is 336 g/mol. The molecule has 120 valence electrons. The molecule has 0 unspecified atom stereocenters. The van der Waals surface area contributed by atoms with Crippen LogP contribution in [-0.4, -0.2) is 15.0 Å². The number of aromatic amines is 1. The van der Waals surface area contributed by atoms with Gasteiger partial charge in [0.2, 0.25) is 0 Å². The second-order valence-corrected chi connectivity index (χ2v) is 5.22. The average molecular weight is 345 g/mol. The van der Waals surface area contributed by atoms with Crippen LogP contribution in [0.5, 0.6) is 5.75 Å². The number of H-pyrrole nitrogens is 1. The number of pyridine rings is 1. The minimum atomic E-state index is -0.792. The van der Waals surface area contributed by atoms with Gasteiger partial charge in [0.05, 0.1) is 10.6 Å². The first-order valence-corrected chi connectivity index (χ1v) is 7.05. The zero-order valence-corrected chi connectivity index (χ0v) is 12.7. The van der Waals surface area contributed by atoms with Crippen LogP contribution in [0.25, 0.3) is 10.9 Å². The summed E-state index contributed by atoms with van der Waals surface area (Å²) >= 11 is 5.83. The van der Waals surface area contributed by atoms with Crippen LogP contribution < -0.4 is 5.56 Å². The quantitative estimate of drug-likeness (QED) is 0.420. The predicted octanol–water partition coefficient (Wildman–Crippen LogP) is 4.21. The largest absolute Gasteiger partial charge is 0.505 e. The van der Waals surface area contributed by atoms with Crippen molar-refractivity contribution in [3.8, 4) is 5.75 Å². The monoisotopic (exact) mass is 344 g/mol. The summed E-state index contributed by atoms with van der Waals surface area (Å²) in [5.74, 6) is -0.483. The van der Waals surface area contributed by atoms with Gasteiger partial charge in [-0.25, -0.2) is 0 Å². The zero-order valence-electron chi connectivity index (χ0n) is 11.9. The van der Waals surface area contributed by atoms with Crippen molar-refractivity contribution < 1.29 is 10.0 Å². The van der Waals surface area contributed by atoms with Gasteiger partial charge in [-0.15, -0.1) is 5.11 Å². The summed E-state index contributed by atoms with van der Waals surface area (Å²) in [6, 6.07) is 10.5. The number of nitrogens with one attached hydrogen (secondary N) is 1. The Hall–Kier alpha value is -3.26. The SMILES string of the molecule is O=c1[nH]c2c([N+](=O)[O-])cccc2c(O)c1N=Nc1cccc(Cl)c1. The molecule has 0 atom stereocenters. The Morgan fingerprint density at radius 2 is 1.92 bits per heavy atom. The number of rotatable bonds is 3. The third-order valence-corrected chi connectivity index (χ3v) is 3.48. The van der Waals surface area contributed by atoms with Gasteiger partial charge in [-0.05, 0) is 24.3 Å². The molecule has 3 rings (SSSR count). The van der Waals surface area contributed by atoms with Crippen molar-refractivity contribution in [3.05, 3.63) is 68.0 Å². The van der Waals surface area contributed by atoms with Crippen molar-refractivity contribution in [2.75, 3.05) is 0 Å². The van der Waals surface area contributed by atoms with Gasteiger partial charge in [-0.2, -0.15) is 5.11 Å². The van der Waals surface area contributed by atoms with Crippen LogP contribution in [0, 0.1) is 10.1 Å². The topological polar surface area (TPSA) is 121 Å². The Bertz CT molecular complexity index is 1050. The minimum absolute atomic E-state index is 0.0771. The summed E-state index contributed by atoms with van der Waals surface area (Å²) in [6.45, 7) is 0. The Balaban J connectivity index is 2.16. The molecular formula is C15H9ClN4O4. The lowest BCUT2D eigenvalue weighted by molar-refractivity contribution is -0.383. The lowest BCUT2D eigenvalue weighted by atomic mass is 10.1. The van der Waals surface area contributed by atoms with Crippen LogP contribution >= 0.6 is 11.6 Å². The number of para-hydroxylation sites is 1. The average Bonchev–Trinajstić information content (AvgIpc) is 2.54. The molecule has 0 amide bonds. The number of hydrogen-bond donors (Lipinski definition) is 2. The van der Waals surface area contributed by atoms with Crippen LogP contribution in [0.1, 0.15) is 0 Å². The number of aromatic nitrogens is 1. The summed E-state index contributed by atoms with van der Waals surface area (Å²) in [7, 11) is 0. The van der Waals surface area contributed by atoms with Crippen LogP contribution in [0.4, 0.5) is 17.1 Å². The Morgan fingerprint density at radius 1 is 1.17 bits per heavy atom. The number of nitro benzene ring substituents is 1. The third-order valence-electron chi connectivity index (χ3n) is 3.25. The van der Waals surface area contributed by atoms with E-state index >= 15 is 0 Å². The number of nitrogens with zero attached hydrogens (tertiary/aromatic N) is 3. The molecule has 3 aromatic rings. The van der Waals surface area contributed by atoms with E-state index < -0.39 is 16.2 Å². The van der Waals surface area contributed by atoms with Crippen molar-refractivity contribution in [2.24, 2.45) is 10.2 Å². The van der Waals surface area contributed by atoms with Crippen molar-refractivity contribution in [2.45, 2.75) is 0 Å². The zero-order chi connectivity index (χ0) is 17.3. The van der Waals surface area contributed by atoms with Gasteiger partial charge in [0.15, 0.2) is 11.4 Å². The number of hydrogen-bond acceptors (Lipinski definition) is 6. The normalized spacial score (nSPS) is 11.2. The maximum Gasteiger partial charge on any atom is 0.293 e. The number of nitro groups is 1. The van der Waals surface area contributed by atoms with Gasteiger partial charge in [-0.3, -0.25) is 14.9 Å². The maximum atomic E-state index is 12.1. The van der Waals surface area contributed by atoms with Crippen molar-refractivity contribution in [1.82, 2.24) is 4.98 Å². The number of non-ortho nitro benzene ring substituents is 1. The number of fused-ring (bicyclic) bond motifs is 1. The van der Waals surface area contributed by atoms with Gasteiger partial charge >= 0.3 is 0 Å². The Kier molecular flexibility index (Phi) is 3.97. The van der Waals surface area contributed by atoms with E-state index in [1.54, 1.807) is 18.2 Å². The number of aromatic hydroxyl groups is 1. The minimum Gasteiger partial charge on any atom is -0.505 e. The molecule has 0 aliphatic rings. The number of benzene rings is 2. The summed E-state index contributed by atoms with van der Waals surface area (Å²) < 4.78 is 0. The number of azo groups is 1. The van der Waals surface area contributed by atoms with E-state index in [1.807, 2.05) is 0 Å². The van der Waals surface area contributed by atoms with Crippen LogP contribution in [0.2, 0.25) is 5.02 Å².